The second-order valence-corrected chi connectivity index (χ2v) is 9.22. The average molecular weight is 544 g/mol. The van der Waals surface area contributed by atoms with Gasteiger partial charge in [0.05, 0.1) is 0 Å². The number of amides is 2. The quantitative estimate of drug-likeness (QED) is 0.109. The fourth-order valence-electron chi connectivity index (χ4n) is 4.61. The highest BCUT2D eigenvalue weighted by Crippen LogP contribution is 2.44. The van der Waals surface area contributed by atoms with E-state index in [2.05, 4.69) is 20.7 Å². The number of rotatable bonds is 12. The highest BCUT2D eigenvalue weighted by atomic mass is 16.6. The van der Waals surface area contributed by atoms with Crippen LogP contribution >= 0.6 is 0 Å². The summed E-state index contributed by atoms with van der Waals surface area (Å²) in [4.78, 5) is 38.8. The Kier molecular flexibility index (Phi) is 9.58. The minimum atomic E-state index is -1.16. The Morgan fingerprint density at radius 3 is 2.17 bits per heavy atom. The number of carboxylic acid groups (broad SMARTS) is 1. The van der Waals surface area contributed by atoms with Crippen molar-refractivity contribution in [3.63, 3.8) is 0 Å². The molecule has 206 valence electrons. The van der Waals surface area contributed by atoms with Crippen LogP contribution in [0.15, 0.2) is 77.9 Å². The molecule has 1 aliphatic carbocycles. The molecule has 0 saturated heterocycles. The van der Waals surface area contributed by atoms with Crippen molar-refractivity contribution in [1.29, 1.82) is 0 Å². The van der Waals surface area contributed by atoms with Crippen LogP contribution in [0.2, 0.25) is 0 Å². The first kappa shape index (κ1) is 28.0. The number of ether oxygens (including phenoxy) is 2. The number of hydrogen-bond donors (Lipinski definition) is 3. The molecule has 2 amide bonds. The fourth-order valence-corrected chi connectivity index (χ4v) is 4.61. The van der Waals surface area contributed by atoms with Crippen molar-refractivity contribution in [2.75, 3.05) is 13.2 Å². The fraction of sp³-hybridized carbons (Fsp3) is 0.276. The maximum atomic E-state index is 12.5. The van der Waals surface area contributed by atoms with E-state index < -0.39 is 24.2 Å². The summed E-state index contributed by atoms with van der Waals surface area (Å²) in [6.07, 6.45) is -0.282. The summed E-state index contributed by atoms with van der Waals surface area (Å²) in [7, 11) is 0. The molecule has 0 aliphatic heterocycles. The molecule has 40 heavy (non-hydrogen) atoms. The molecule has 0 spiro atoms. The largest absolute Gasteiger partial charge is 0.480 e. The molecule has 3 aromatic rings. The van der Waals surface area contributed by atoms with E-state index in [9.17, 15) is 19.5 Å². The van der Waals surface area contributed by atoms with E-state index in [0.29, 0.717) is 18.5 Å². The van der Waals surface area contributed by atoms with Gasteiger partial charge in [-0.2, -0.15) is 0 Å². The molecule has 11 nitrogen and oxygen atoms in total. The van der Waals surface area contributed by atoms with Gasteiger partial charge in [-0.05, 0) is 52.6 Å². The predicted octanol–water partition coefficient (Wildman–Crippen LogP) is 6.02. The number of alkyl carbamates (subject to hydrolysis) is 2. The molecule has 1 aliphatic rings. The van der Waals surface area contributed by atoms with Crippen LogP contribution < -0.4 is 10.6 Å². The lowest BCUT2D eigenvalue weighted by molar-refractivity contribution is -0.139. The van der Waals surface area contributed by atoms with Crippen LogP contribution in [0.5, 0.6) is 0 Å². The van der Waals surface area contributed by atoms with Crippen molar-refractivity contribution in [3.05, 3.63) is 99.9 Å². The Hall–Kier alpha value is -5.02. The third-order valence-corrected chi connectivity index (χ3v) is 6.59. The number of benzene rings is 3. The summed E-state index contributed by atoms with van der Waals surface area (Å²) in [5, 5.41) is 18.1. The maximum Gasteiger partial charge on any atom is 0.407 e. The molecule has 4 rings (SSSR count). The summed E-state index contributed by atoms with van der Waals surface area (Å²) in [5.41, 5.74) is 14.0. The zero-order chi connectivity index (χ0) is 28.3. The molecule has 1 unspecified atom stereocenters. The lowest BCUT2D eigenvalue weighted by atomic mass is 9.98. The number of hydrogen-bond acceptors (Lipinski definition) is 6. The minimum absolute atomic E-state index is 0.0491. The number of carboxylic acids is 1. The van der Waals surface area contributed by atoms with Gasteiger partial charge in [-0.1, -0.05) is 77.9 Å². The first-order valence-electron chi connectivity index (χ1n) is 12.8. The van der Waals surface area contributed by atoms with Crippen molar-refractivity contribution in [2.24, 2.45) is 5.11 Å². The van der Waals surface area contributed by atoms with Gasteiger partial charge in [-0.3, -0.25) is 0 Å². The van der Waals surface area contributed by atoms with E-state index in [-0.39, 0.29) is 32.1 Å². The van der Waals surface area contributed by atoms with Gasteiger partial charge in [0.15, 0.2) is 0 Å². The van der Waals surface area contributed by atoms with Crippen LogP contribution in [0.4, 0.5) is 15.3 Å². The minimum Gasteiger partial charge on any atom is -0.480 e. The van der Waals surface area contributed by atoms with E-state index >= 15 is 0 Å². The smallest absolute Gasteiger partial charge is 0.407 e. The van der Waals surface area contributed by atoms with Crippen molar-refractivity contribution in [3.8, 4) is 11.1 Å². The lowest BCUT2D eigenvalue weighted by Gasteiger charge is -2.17. The Morgan fingerprint density at radius 1 is 0.900 bits per heavy atom. The van der Waals surface area contributed by atoms with Gasteiger partial charge >= 0.3 is 18.2 Å². The molecule has 0 aromatic heterocycles. The number of nitrogens with zero attached hydrogens (tertiary/aromatic N) is 3. The number of carbonyl (C=O) groups excluding carboxylic acids is 2. The van der Waals surface area contributed by atoms with Gasteiger partial charge < -0.3 is 25.2 Å². The summed E-state index contributed by atoms with van der Waals surface area (Å²) in [6.45, 7) is 0.426. The third-order valence-electron chi connectivity index (χ3n) is 6.59. The van der Waals surface area contributed by atoms with Crippen LogP contribution in [0.25, 0.3) is 21.6 Å². The zero-order valence-electron chi connectivity index (χ0n) is 21.7. The molecule has 0 heterocycles. The molecular weight excluding hydrogens is 514 g/mol. The van der Waals surface area contributed by atoms with E-state index in [4.69, 9.17) is 15.0 Å². The van der Waals surface area contributed by atoms with Gasteiger partial charge in [0.25, 0.3) is 0 Å². The monoisotopic (exact) mass is 543 g/mol. The van der Waals surface area contributed by atoms with Crippen LogP contribution in [-0.4, -0.2) is 42.5 Å². The number of azide groups is 1. The molecule has 1 atom stereocenters. The SMILES string of the molecule is [N-]=[N+]=Nc1ccc(COC(=O)NCCCCC(NC(=O)OCC2c3ccccc3-c3ccccc32)C(=O)O)cc1. The molecule has 0 bridgehead atoms. The van der Waals surface area contributed by atoms with Crippen LogP contribution in [0.3, 0.4) is 0 Å². The van der Waals surface area contributed by atoms with Gasteiger partial charge in [0, 0.05) is 23.1 Å². The van der Waals surface area contributed by atoms with Crippen molar-refractivity contribution in [1.82, 2.24) is 10.6 Å². The van der Waals surface area contributed by atoms with E-state index in [1.54, 1.807) is 24.3 Å². The van der Waals surface area contributed by atoms with Crippen LogP contribution in [0, 0.1) is 0 Å². The number of carbonyl (C=O) groups is 3. The third kappa shape index (κ3) is 7.30. The van der Waals surface area contributed by atoms with E-state index in [1.807, 2.05) is 48.5 Å². The van der Waals surface area contributed by atoms with Gasteiger partial charge in [-0.25, -0.2) is 14.4 Å². The summed E-state index contributed by atoms with van der Waals surface area (Å²) in [6, 6.07) is 21.4. The second kappa shape index (κ2) is 13.7. The Bertz CT molecular complexity index is 1360. The van der Waals surface area contributed by atoms with Crippen LogP contribution in [-0.2, 0) is 20.9 Å². The average Bonchev–Trinajstić information content (AvgIpc) is 3.28. The molecule has 0 radical (unpaired) electrons. The summed E-state index contributed by atoms with van der Waals surface area (Å²) >= 11 is 0. The Labute approximate surface area is 230 Å². The highest BCUT2D eigenvalue weighted by Gasteiger charge is 2.29. The zero-order valence-corrected chi connectivity index (χ0v) is 21.7. The van der Waals surface area contributed by atoms with E-state index in [1.165, 1.54) is 0 Å². The normalized spacial score (nSPS) is 12.3. The van der Waals surface area contributed by atoms with Crippen LogP contribution in [0.1, 0.15) is 41.9 Å². The van der Waals surface area contributed by atoms with Gasteiger partial charge in [0.1, 0.15) is 19.3 Å². The Morgan fingerprint density at radius 2 is 1.55 bits per heavy atom. The first-order valence-corrected chi connectivity index (χ1v) is 12.8. The molecule has 0 saturated carbocycles. The van der Waals surface area contributed by atoms with Gasteiger partial charge in [0.2, 0.25) is 0 Å². The molecule has 3 N–H and O–H groups in total. The second-order valence-electron chi connectivity index (χ2n) is 9.22. The summed E-state index contributed by atoms with van der Waals surface area (Å²) in [5.74, 6) is -1.28. The first-order chi connectivity index (χ1) is 19.5. The van der Waals surface area contributed by atoms with Crippen molar-refractivity contribution < 1.29 is 29.0 Å². The summed E-state index contributed by atoms with van der Waals surface area (Å²) < 4.78 is 10.6. The number of unbranched alkanes of at least 4 members (excludes halogenated alkanes) is 1. The standard InChI is InChI=1S/C29H29N5O6/c30-34-33-20-14-12-19(13-15-20)17-39-28(37)31-16-6-5-11-26(27(35)36)32-29(38)40-18-25-23-9-3-1-7-21(23)22-8-2-4-10-24(22)25/h1-4,7-10,12-15,25-26H,5-6,11,16-18H2,(H,31,37)(H,32,38)(H,35,36). The van der Waals surface area contributed by atoms with Crippen molar-refractivity contribution in [2.45, 2.75) is 37.8 Å². The topological polar surface area (TPSA) is 163 Å². The molecule has 3 aromatic carbocycles. The highest BCUT2D eigenvalue weighted by molar-refractivity contribution is 5.81. The Balaban J connectivity index is 1.16. The number of nitrogens with one attached hydrogen (secondary N) is 2. The van der Waals surface area contributed by atoms with Crippen molar-refractivity contribution >= 4 is 23.8 Å². The number of fused-ring (bicyclic) bond motifs is 3. The molecule has 11 heteroatoms. The maximum absolute atomic E-state index is 12.5. The predicted molar refractivity (Wildman–Crippen MR) is 147 cm³/mol. The lowest BCUT2D eigenvalue weighted by Crippen LogP contribution is -2.41. The number of aliphatic carboxylic acids is 1. The molecular formula is C29H29N5O6. The van der Waals surface area contributed by atoms with E-state index in [0.717, 1.165) is 27.8 Å². The molecule has 0 fully saturated rings. The van der Waals surface area contributed by atoms with Gasteiger partial charge in [-0.15, -0.1) is 0 Å².